The summed E-state index contributed by atoms with van der Waals surface area (Å²) in [5.41, 5.74) is 1.15. The Labute approximate surface area is 168 Å². The highest BCUT2D eigenvalue weighted by molar-refractivity contribution is 6.03. The van der Waals surface area contributed by atoms with Gasteiger partial charge in [0.15, 0.2) is 11.5 Å². The van der Waals surface area contributed by atoms with Crippen LogP contribution in [-0.4, -0.2) is 39.2 Å². The largest absolute Gasteiger partial charge is 0.497 e. The minimum atomic E-state index is -0.376. The average Bonchev–Trinajstić information content (AvgIpc) is 3.55. The van der Waals surface area contributed by atoms with Crippen LogP contribution in [0.2, 0.25) is 0 Å². The van der Waals surface area contributed by atoms with E-state index >= 15 is 0 Å². The van der Waals surface area contributed by atoms with Crippen LogP contribution >= 0.6 is 0 Å². The summed E-state index contributed by atoms with van der Waals surface area (Å²) in [6, 6.07) is 10.4. The molecule has 1 aliphatic heterocycles. The van der Waals surface area contributed by atoms with Crippen molar-refractivity contribution in [1.82, 2.24) is 0 Å². The van der Waals surface area contributed by atoms with Crippen molar-refractivity contribution in [3.05, 3.63) is 36.4 Å². The number of ether oxygens (including phenoxy) is 4. The Bertz CT molecular complexity index is 945. The second kappa shape index (κ2) is 7.90. The molecule has 2 aliphatic rings. The first-order chi connectivity index (χ1) is 14.1. The normalized spacial score (nSPS) is 19.1. The maximum atomic E-state index is 12.5. The summed E-state index contributed by atoms with van der Waals surface area (Å²) in [4.78, 5) is 25.1. The molecule has 29 heavy (non-hydrogen) atoms. The van der Waals surface area contributed by atoms with Gasteiger partial charge < -0.3 is 29.6 Å². The molecule has 2 amide bonds. The van der Waals surface area contributed by atoms with Crippen LogP contribution in [0.15, 0.2) is 36.4 Å². The fourth-order valence-corrected chi connectivity index (χ4v) is 3.26. The second-order valence-corrected chi connectivity index (χ2v) is 6.85. The smallest absolute Gasteiger partial charge is 0.228 e. The van der Waals surface area contributed by atoms with E-state index in [-0.39, 0.29) is 23.7 Å². The molecule has 1 fully saturated rings. The van der Waals surface area contributed by atoms with Crippen molar-refractivity contribution in [3.63, 3.8) is 0 Å². The highest BCUT2D eigenvalue weighted by Crippen LogP contribution is 2.41. The zero-order valence-corrected chi connectivity index (χ0v) is 16.2. The topological polar surface area (TPSA) is 95.1 Å². The lowest BCUT2D eigenvalue weighted by Gasteiger charge is -2.19. The van der Waals surface area contributed by atoms with Crippen molar-refractivity contribution < 1.29 is 28.5 Å². The highest BCUT2D eigenvalue weighted by Gasteiger charge is 2.48. The Morgan fingerprint density at radius 3 is 2.34 bits per heavy atom. The van der Waals surface area contributed by atoms with Gasteiger partial charge >= 0.3 is 0 Å². The quantitative estimate of drug-likeness (QED) is 0.777. The predicted octanol–water partition coefficient (Wildman–Crippen LogP) is 2.69. The molecule has 2 atom stereocenters. The van der Waals surface area contributed by atoms with E-state index in [1.54, 1.807) is 43.5 Å². The molecule has 0 radical (unpaired) electrons. The summed E-state index contributed by atoms with van der Waals surface area (Å²) in [7, 11) is 3.08. The fourth-order valence-electron chi connectivity index (χ4n) is 3.26. The molecule has 0 saturated heterocycles. The van der Waals surface area contributed by atoms with Crippen molar-refractivity contribution >= 4 is 23.2 Å². The van der Waals surface area contributed by atoms with Crippen LogP contribution in [0.3, 0.4) is 0 Å². The van der Waals surface area contributed by atoms with Gasteiger partial charge in [-0.25, -0.2) is 0 Å². The third kappa shape index (κ3) is 4.06. The maximum absolute atomic E-state index is 12.5. The zero-order valence-electron chi connectivity index (χ0n) is 16.2. The first-order valence-corrected chi connectivity index (χ1v) is 9.32. The van der Waals surface area contributed by atoms with Crippen molar-refractivity contribution in [2.24, 2.45) is 11.8 Å². The van der Waals surface area contributed by atoms with Gasteiger partial charge in [0, 0.05) is 17.8 Å². The van der Waals surface area contributed by atoms with E-state index in [9.17, 15) is 9.59 Å². The molecule has 8 heteroatoms. The molecule has 2 unspecified atom stereocenters. The van der Waals surface area contributed by atoms with Crippen LogP contribution in [0.25, 0.3) is 0 Å². The van der Waals surface area contributed by atoms with E-state index in [1.807, 2.05) is 0 Å². The van der Waals surface area contributed by atoms with Gasteiger partial charge in [-0.2, -0.15) is 0 Å². The van der Waals surface area contributed by atoms with Crippen molar-refractivity contribution in [2.45, 2.75) is 6.42 Å². The van der Waals surface area contributed by atoms with Crippen LogP contribution in [-0.2, 0) is 9.59 Å². The predicted molar refractivity (Wildman–Crippen MR) is 106 cm³/mol. The summed E-state index contributed by atoms with van der Waals surface area (Å²) in [6.45, 7) is 0.987. The second-order valence-electron chi connectivity index (χ2n) is 6.85. The van der Waals surface area contributed by atoms with Gasteiger partial charge in [0.05, 0.1) is 31.7 Å². The van der Waals surface area contributed by atoms with Gasteiger partial charge in [0.2, 0.25) is 11.8 Å². The third-order valence-electron chi connectivity index (χ3n) is 4.94. The van der Waals surface area contributed by atoms with E-state index in [1.165, 1.54) is 7.11 Å². The number of amides is 2. The van der Waals surface area contributed by atoms with Gasteiger partial charge in [-0.05, 0) is 30.7 Å². The zero-order chi connectivity index (χ0) is 20.4. The molecule has 152 valence electrons. The summed E-state index contributed by atoms with van der Waals surface area (Å²) in [5, 5.41) is 5.67. The van der Waals surface area contributed by atoms with Crippen LogP contribution in [0.5, 0.6) is 23.0 Å². The third-order valence-corrected chi connectivity index (χ3v) is 4.94. The number of methoxy groups -OCH3 is 2. The number of hydrogen-bond donors (Lipinski definition) is 2. The van der Waals surface area contributed by atoms with Crippen LogP contribution in [0, 0.1) is 11.8 Å². The van der Waals surface area contributed by atoms with Gasteiger partial charge in [-0.3, -0.25) is 9.59 Å². The molecule has 4 rings (SSSR count). The molecule has 8 nitrogen and oxygen atoms in total. The molecule has 2 aromatic rings. The molecule has 0 spiro atoms. The summed E-state index contributed by atoms with van der Waals surface area (Å²) in [5.74, 6) is 1.24. The SMILES string of the molecule is COc1ccc(NC(=O)C2CC2C(=O)Nc2ccc3c(c2)OCCO3)c(OC)c1. The van der Waals surface area contributed by atoms with E-state index in [0.717, 1.165) is 0 Å². The van der Waals surface area contributed by atoms with E-state index in [4.69, 9.17) is 18.9 Å². The van der Waals surface area contributed by atoms with Gasteiger partial charge in [0.1, 0.15) is 24.7 Å². The molecule has 2 aromatic carbocycles. The Morgan fingerprint density at radius 1 is 0.897 bits per heavy atom. The number of carbonyl (C=O) groups is 2. The molecular formula is C21H22N2O6. The van der Waals surface area contributed by atoms with Crippen molar-refractivity contribution in [1.29, 1.82) is 0 Å². The standard InChI is InChI=1S/C21H22N2O6/c1-26-13-4-5-16(18(10-13)27-2)23-21(25)15-11-14(15)20(24)22-12-3-6-17-19(9-12)29-8-7-28-17/h3-6,9-10,14-15H,7-8,11H2,1-2H3,(H,22,24)(H,23,25). The lowest BCUT2D eigenvalue weighted by atomic mass is 10.2. The van der Waals surface area contributed by atoms with Gasteiger partial charge in [0.25, 0.3) is 0 Å². The average molecular weight is 398 g/mol. The molecule has 2 N–H and O–H groups in total. The molecule has 0 aromatic heterocycles. The number of carbonyl (C=O) groups excluding carboxylic acids is 2. The number of hydrogen-bond acceptors (Lipinski definition) is 6. The molecule has 1 aliphatic carbocycles. The Hall–Kier alpha value is -3.42. The van der Waals surface area contributed by atoms with E-state index in [2.05, 4.69) is 10.6 Å². The summed E-state index contributed by atoms with van der Waals surface area (Å²) in [6.07, 6.45) is 0.501. The summed E-state index contributed by atoms with van der Waals surface area (Å²) >= 11 is 0. The highest BCUT2D eigenvalue weighted by atomic mass is 16.6. The Morgan fingerprint density at radius 2 is 1.62 bits per heavy atom. The summed E-state index contributed by atoms with van der Waals surface area (Å²) < 4.78 is 21.4. The minimum absolute atomic E-state index is 0.191. The lowest BCUT2D eigenvalue weighted by molar-refractivity contribution is -0.122. The Balaban J connectivity index is 1.35. The van der Waals surface area contributed by atoms with Crippen molar-refractivity contribution in [2.75, 3.05) is 38.1 Å². The fraction of sp³-hybridized carbons (Fsp3) is 0.333. The number of fused-ring (bicyclic) bond motifs is 1. The number of nitrogens with one attached hydrogen (secondary N) is 2. The first kappa shape index (κ1) is 18.9. The Kier molecular flexibility index (Phi) is 5.16. The van der Waals surface area contributed by atoms with Crippen LogP contribution in [0.1, 0.15) is 6.42 Å². The lowest BCUT2D eigenvalue weighted by Crippen LogP contribution is -2.21. The number of benzene rings is 2. The maximum Gasteiger partial charge on any atom is 0.228 e. The van der Waals surface area contributed by atoms with Crippen molar-refractivity contribution in [3.8, 4) is 23.0 Å². The van der Waals surface area contributed by atoms with E-state index < -0.39 is 0 Å². The number of rotatable bonds is 6. The van der Waals surface area contributed by atoms with Crippen LogP contribution < -0.4 is 29.6 Å². The molecule has 1 saturated carbocycles. The monoisotopic (exact) mass is 398 g/mol. The van der Waals surface area contributed by atoms with Gasteiger partial charge in [-0.1, -0.05) is 0 Å². The number of anilines is 2. The van der Waals surface area contributed by atoms with E-state index in [0.29, 0.717) is 54.0 Å². The molecule has 0 bridgehead atoms. The molecule has 1 heterocycles. The molecular weight excluding hydrogens is 376 g/mol. The first-order valence-electron chi connectivity index (χ1n) is 9.32. The minimum Gasteiger partial charge on any atom is -0.497 e. The van der Waals surface area contributed by atoms with Gasteiger partial charge in [-0.15, -0.1) is 0 Å². The van der Waals surface area contributed by atoms with Crippen LogP contribution in [0.4, 0.5) is 11.4 Å².